The lowest BCUT2D eigenvalue weighted by molar-refractivity contribution is 0.165. The molecule has 0 heterocycles. The minimum absolute atomic E-state index is 0.487. The van der Waals surface area contributed by atoms with Crippen LogP contribution in [0.5, 0.6) is 0 Å². The van der Waals surface area contributed by atoms with Gasteiger partial charge in [-0.25, -0.2) is 0 Å². The molecule has 11 heavy (non-hydrogen) atoms. The van der Waals surface area contributed by atoms with Crippen molar-refractivity contribution in [3.63, 3.8) is 0 Å². The molecule has 0 radical (unpaired) electrons. The second-order valence-corrected chi connectivity index (χ2v) is 6.63. The molecule has 0 spiro atoms. The van der Waals surface area contributed by atoms with Crippen molar-refractivity contribution in [3.05, 3.63) is 0 Å². The van der Waals surface area contributed by atoms with Crippen LogP contribution >= 0.6 is 15.9 Å². The van der Waals surface area contributed by atoms with Crippen molar-refractivity contribution >= 4 is 15.9 Å². The number of fused-ring (bicyclic) bond motifs is 2. The van der Waals surface area contributed by atoms with Crippen molar-refractivity contribution in [3.8, 4) is 0 Å². The van der Waals surface area contributed by atoms with E-state index in [9.17, 15) is 0 Å². The average molecular weight is 217 g/mol. The highest BCUT2D eigenvalue weighted by molar-refractivity contribution is 9.10. The molecule has 0 aromatic carbocycles. The lowest BCUT2D eigenvalue weighted by Crippen LogP contribution is -2.34. The van der Waals surface area contributed by atoms with E-state index < -0.39 is 0 Å². The SMILES string of the molecule is C[C@]1(Br)CC2CCC[C@@H](C2)C1. The van der Waals surface area contributed by atoms with Gasteiger partial charge in [-0.3, -0.25) is 0 Å². The van der Waals surface area contributed by atoms with Crippen molar-refractivity contribution in [2.45, 2.75) is 49.8 Å². The van der Waals surface area contributed by atoms with Crippen LogP contribution in [0.1, 0.15) is 45.4 Å². The number of halogens is 1. The minimum Gasteiger partial charge on any atom is -0.0856 e. The van der Waals surface area contributed by atoms with Gasteiger partial charge in [-0.15, -0.1) is 0 Å². The molecular weight excluding hydrogens is 200 g/mol. The van der Waals surface area contributed by atoms with Gasteiger partial charge >= 0.3 is 0 Å². The maximum atomic E-state index is 3.85. The van der Waals surface area contributed by atoms with Crippen molar-refractivity contribution in [2.24, 2.45) is 11.8 Å². The lowest BCUT2D eigenvalue weighted by Gasteiger charge is -2.42. The van der Waals surface area contributed by atoms with Crippen molar-refractivity contribution in [1.82, 2.24) is 0 Å². The summed E-state index contributed by atoms with van der Waals surface area (Å²) in [6.07, 6.45) is 8.86. The summed E-state index contributed by atoms with van der Waals surface area (Å²) in [6.45, 7) is 2.37. The first-order chi connectivity index (χ1) is 5.16. The molecular formula is C10H17Br. The zero-order valence-electron chi connectivity index (χ0n) is 7.28. The fourth-order valence-electron chi connectivity index (χ4n) is 3.06. The smallest absolute Gasteiger partial charge is 0.0235 e. The topological polar surface area (TPSA) is 0 Å². The second-order valence-electron chi connectivity index (χ2n) is 4.72. The Morgan fingerprint density at radius 1 is 1.18 bits per heavy atom. The van der Waals surface area contributed by atoms with Gasteiger partial charge in [0.1, 0.15) is 0 Å². The minimum atomic E-state index is 0.487. The number of hydrogen-bond acceptors (Lipinski definition) is 0. The van der Waals surface area contributed by atoms with Gasteiger partial charge < -0.3 is 0 Å². The maximum absolute atomic E-state index is 3.85. The summed E-state index contributed by atoms with van der Waals surface area (Å²) in [5, 5.41) is 0. The lowest BCUT2D eigenvalue weighted by atomic mass is 9.68. The molecule has 0 aromatic heterocycles. The van der Waals surface area contributed by atoms with Gasteiger partial charge in [-0.05, 0) is 38.0 Å². The Labute approximate surface area is 77.9 Å². The van der Waals surface area contributed by atoms with Crippen LogP contribution in [-0.4, -0.2) is 4.32 Å². The summed E-state index contributed by atoms with van der Waals surface area (Å²) in [7, 11) is 0. The molecule has 2 fully saturated rings. The molecule has 2 rings (SSSR count). The van der Waals surface area contributed by atoms with Crippen molar-refractivity contribution in [1.29, 1.82) is 0 Å². The average Bonchev–Trinajstić information content (AvgIpc) is 1.82. The molecule has 0 nitrogen and oxygen atoms in total. The number of alkyl halides is 1. The standard InChI is InChI=1S/C10H17Br/c1-10(11)6-8-3-2-4-9(5-8)7-10/h8-9H,2-7H2,1H3/t8-,9?,10+/m0/s1. The first-order valence-electron chi connectivity index (χ1n) is 4.85. The summed E-state index contributed by atoms with van der Waals surface area (Å²) in [5.41, 5.74) is 0. The predicted octanol–water partition coefficient (Wildman–Crippen LogP) is 3.74. The highest BCUT2D eigenvalue weighted by Gasteiger charge is 2.37. The molecule has 1 heteroatoms. The fraction of sp³-hybridized carbons (Fsp3) is 1.00. The van der Waals surface area contributed by atoms with E-state index in [1.54, 1.807) is 0 Å². The quantitative estimate of drug-likeness (QED) is 0.542. The number of rotatable bonds is 0. The van der Waals surface area contributed by atoms with E-state index in [2.05, 4.69) is 22.9 Å². The summed E-state index contributed by atoms with van der Waals surface area (Å²) in [4.78, 5) is 0. The van der Waals surface area contributed by atoms with Gasteiger partial charge in [0.15, 0.2) is 0 Å². The van der Waals surface area contributed by atoms with E-state index in [-0.39, 0.29) is 0 Å². The van der Waals surface area contributed by atoms with Crippen LogP contribution in [0.25, 0.3) is 0 Å². The van der Waals surface area contributed by atoms with E-state index in [0.29, 0.717) is 4.32 Å². The third-order valence-corrected chi connectivity index (χ3v) is 3.97. The summed E-state index contributed by atoms with van der Waals surface area (Å²) < 4.78 is 0.487. The van der Waals surface area contributed by atoms with Gasteiger partial charge in [-0.1, -0.05) is 35.2 Å². The van der Waals surface area contributed by atoms with Gasteiger partial charge in [-0.2, -0.15) is 0 Å². The highest BCUT2D eigenvalue weighted by atomic mass is 79.9. The largest absolute Gasteiger partial charge is 0.0856 e. The summed E-state index contributed by atoms with van der Waals surface area (Å²) in [6, 6.07) is 0. The third-order valence-electron chi connectivity index (χ3n) is 3.32. The Bertz CT molecular complexity index is 137. The third kappa shape index (κ3) is 1.80. The Morgan fingerprint density at radius 2 is 1.73 bits per heavy atom. The van der Waals surface area contributed by atoms with E-state index in [0.717, 1.165) is 11.8 Å². The van der Waals surface area contributed by atoms with Gasteiger partial charge in [0.25, 0.3) is 0 Å². The Hall–Kier alpha value is 0.480. The van der Waals surface area contributed by atoms with Gasteiger partial charge in [0, 0.05) is 4.32 Å². The Kier molecular flexibility index (Phi) is 2.03. The molecule has 0 amide bonds. The van der Waals surface area contributed by atoms with E-state index in [1.807, 2.05) is 0 Å². The molecule has 2 saturated carbocycles. The maximum Gasteiger partial charge on any atom is 0.0235 e. The van der Waals surface area contributed by atoms with Crippen LogP contribution in [0.3, 0.4) is 0 Å². The first-order valence-corrected chi connectivity index (χ1v) is 5.64. The molecule has 0 N–H and O–H groups in total. The Morgan fingerprint density at radius 3 is 2.27 bits per heavy atom. The molecule has 64 valence electrons. The van der Waals surface area contributed by atoms with Crippen molar-refractivity contribution < 1.29 is 0 Å². The molecule has 0 aliphatic heterocycles. The fourth-order valence-corrected chi connectivity index (χ4v) is 3.98. The van der Waals surface area contributed by atoms with E-state index in [4.69, 9.17) is 0 Å². The second kappa shape index (κ2) is 2.76. The van der Waals surface area contributed by atoms with E-state index in [1.165, 1.54) is 38.5 Å². The highest BCUT2D eigenvalue weighted by Crippen LogP contribution is 2.47. The van der Waals surface area contributed by atoms with Crippen LogP contribution in [0, 0.1) is 11.8 Å². The van der Waals surface area contributed by atoms with Crippen LogP contribution in [0.15, 0.2) is 0 Å². The normalized spacial score (nSPS) is 50.7. The molecule has 2 bridgehead atoms. The Balaban J connectivity index is 2.05. The molecule has 0 saturated heterocycles. The molecule has 3 atom stereocenters. The predicted molar refractivity (Wildman–Crippen MR) is 52.0 cm³/mol. The summed E-state index contributed by atoms with van der Waals surface area (Å²) in [5.74, 6) is 2.10. The zero-order valence-corrected chi connectivity index (χ0v) is 8.86. The number of hydrogen-bond donors (Lipinski definition) is 0. The molecule has 0 aromatic rings. The van der Waals surface area contributed by atoms with Crippen molar-refractivity contribution in [2.75, 3.05) is 0 Å². The zero-order chi connectivity index (χ0) is 7.90. The monoisotopic (exact) mass is 216 g/mol. The van der Waals surface area contributed by atoms with Crippen LogP contribution in [-0.2, 0) is 0 Å². The van der Waals surface area contributed by atoms with Crippen LogP contribution < -0.4 is 0 Å². The molecule has 2 aliphatic carbocycles. The molecule has 1 unspecified atom stereocenters. The summed E-state index contributed by atoms with van der Waals surface area (Å²) >= 11 is 3.85. The van der Waals surface area contributed by atoms with E-state index >= 15 is 0 Å². The van der Waals surface area contributed by atoms with Crippen LogP contribution in [0.2, 0.25) is 0 Å². The van der Waals surface area contributed by atoms with Crippen LogP contribution in [0.4, 0.5) is 0 Å². The first kappa shape index (κ1) is 8.10. The van der Waals surface area contributed by atoms with Gasteiger partial charge in [0.05, 0.1) is 0 Å². The van der Waals surface area contributed by atoms with Gasteiger partial charge in [0.2, 0.25) is 0 Å². The molecule has 2 aliphatic rings.